The van der Waals surface area contributed by atoms with Crippen molar-refractivity contribution in [3.05, 3.63) is 40.0 Å². The minimum atomic E-state index is -0.545. The molecule has 0 aliphatic carbocycles. The number of halogens is 1. The van der Waals surface area contributed by atoms with Crippen LogP contribution in [0.25, 0.3) is 0 Å². The number of nitrogens with zero attached hydrogens (tertiary/aromatic N) is 2. The van der Waals surface area contributed by atoms with Crippen molar-refractivity contribution in [3.63, 3.8) is 0 Å². The van der Waals surface area contributed by atoms with E-state index in [1.165, 1.54) is 0 Å². The van der Waals surface area contributed by atoms with Crippen LogP contribution in [0.2, 0.25) is 5.02 Å². The van der Waals surface area contributed by atoms with Crippen LogP contribution in [0.4, 0.5) is 5.69 Å². The molecule has 1 aromatic heterocycles. The zero-order valence-electron chi connectivity index (χ0n) is 12.1. The van der Waals surface area contributed by atoms with Gasteiger partial charge in [0.15, 0.2) is 0 Å². The average molecular weight is 309 g/mol. The molecule has 112 valence electrons. The molecule has 0 bridgehead atoms. The molecule has 0 aliphatic heterocycles. The third-order valence-electron chi connectivity index (χ3n) is 3.19. The van der Waals surface area contributed by atoms with E-state index in [4.69, 9.17) is 22.1 Å². The van der Waals surface area contributed by atoms with Gasteiger partial charge in [0.2, 0.25) is 11.8 Å². The van der Waals surface area contributed by atoms with E-state index in [1.54, 1.807) is 30.0 Å². The molecule has 1 amide bonds. The van der Waals surface area contributed by atoms with Gasteiger partial charge >= 0.3 is 0 Å². The van der Waals surface area contributed by atoms with Gasteiger partial charge in [-0.1, -0.05) is 11.6 Å². The predicted octanol–water partition coefficient (Wildman–Crippen LogP) is 2.10. The number of benzene rings is 1. The summed E-state index contributed by atoms with van der Waals surface area (Å²) in [4.78, 5) is 11.1. The lowest BCUT2D eigenvalue weighted by Crippen LogP contribution is -2.11. The van der Waals surface area contributed by atoms with Crippen molar-refractivity contribution in [1.29, 1.82) is 0 Å². The van der Waals surface area contributed by atoms with E-state index < -0.39 is 5.91 Å². The van der Waals surface area contributed by atoms with Crippen molar-refractivity contribution >= 4 is 23.2 Å². The molecule has 21 heavy (non-hydrogen) atoms. The van der Waals surface area contributed by atoms with Crippen LogP contribution < -0.4 is 15.8 Å². The quantitative estimate of drug-likeness (QED) is 0.886. The fourth-order valence-electron chi connectivity index (χ4n) is 2.16. The molecule has 1 heterocycles. The highest BCUT2D eigenvalue weighted by molar-refractivity contribution is 6.34. The molecule has 0 atom stereocenters. The lowest BCUT2D eigenvalue weighted by Gasteiger charge is -2.09. The number of nitrogens with one attached hydrogen (secondary N) is 1. The van der Waals surface area contributed by atoms with E-state index in [0.29, 0.717) is 23.0 Å². The molecule has 0 fully saturated rings. The largest absolute Gasteiger partial charge is 0.481 e. The van der Waals surface area contributed by atoms with Gasteiger partial charge in [0, 0.05) is 19.3 Å². The summed E-state index contributed by atoms with van der Waals surface area (Å²) in [6.45, 7) is 2.46. The second-order valence-corrected chi connectivity index (χ2v) is 5.02. The predicted molar refractivity (Wildman–Crippen MR) is 81.8 cm³/mol. The van der Waals surface area contributed by atoms with Crippen LogP contribution in [-0.2, 0) is 13.6 Å². The van der Waals surface area contributed by atoms with E-state index >= 15 is 0 Å². The molecule has 7 heteroatoms. The highest BCUT2D eigenvalue weighted by Gasteiger charge is 2.14. The van der Waals surface area contributed by atoms with Gasteiger partial charge in [-0.05, 0) is 25.1 Å². The molecular formula is C14H17ClN4O2. The lowest BCUT2D eigenvalue weighted by molar-refractivity contribution is 0.100. The van der Waals surface area contributed by atoms with Crippen LogP contribution in [0.15, 0.2) is 18.2 Å². The van der Waals surface area contributed by atoms with E-state index in [2.05, 4.69) is 10.4 Å². The zero-order chi connectivity index (χ0) is 15.6. The van der Waals surface area contributed by atoms with Crippen LogP contribution >= 0.6 is 11.6 Å². The standard InChI is InChI=1S/C14H17ClN4O2/c1-8-11(14(21-3)19(2)18-8)7-17-9-4-5-10(13(16)20)12(15)6-9/h4-6,17H,7H2,1-3H3,(H2,16,20). The number of ether oxygens (including phenoxy) is 1. The summed E-state index contributed by atoms with van der Waals surface area (Å²) in [5, 5.41) is 7.86. The minimum Gasteiger partial charge on any atom is -0.481 e. The van der Waals surface area contributed by atoms with Gasteiger partial charge in [-0.3, -0.25) is 4.79 Å². The Morgan fingerprint density at radius 3 is 2.81 bits per heavy atom. The summed E-state index contributed by atoms with van der Waals surface area (Å²) in [6.07, 6.45) is 0. The van der Waals surface area contributed by atoms with Gasteiger partial charge in [-0.15, -0.1) is 0 Å². The Hall–Kier alpha value is -2.21. The molecule has 2 rings (SSSR count). The van der Waals surface area contributed by atoms with Crippen LogP contribution in [0.1, 0.15) is 21.6 Å². The Kier molecular flexibility index (Phi) is 4.37. The van der Waals surface area contributed by atoms with Crippen molar-refractivity contribution in [2.45, 2.75) is 13.5 Å². The number of methoxy groups -OCH3 is 1. The van der Waals surface area contributed by atoms with Gasteiger partial charge in [-0.25, -0.2) is 4.68 Å². The van der Waals surface area contributed by atoms with Crippen molar-refractivity contribution in [2.24, 2.45) is 12.8 Å². The monoisotopic (exact) mass is 308 g/mol. The number of aryl methyl sites for hydroxylation is 2. The average Bonchev–Trinajstić information content (AvgIpc) is 2.69. The van der Waals surface area contributed by atoms with Crippen molar-refractivity contribution in [3.8, 4) is 5.88 Å². The third-order valence-corrected chi connectivity index (χ3v) is 3.50. The highest BCUT2D eigenvalue weighted by atomic mass is 35.5. The maximum absolute atomic E-state index is 11.1. The topological polar surface area (TPSA) is 82.2 Å². The molecule has 0 radical (unpaired) electrons. The fourth-order valence-corrected chi connectivity index (χ4v) is 2.43. The molecule has 0 spiro atoms. The molecule has 0 saturated carbocycles. The number of rotatable bonds is 5. The Morgan fingerprint density at radius 1 is 1.52 bits per heavy atom. The molecular weight excluding hydrogens is 292 g/mol. The van der Waals surface area contributed by atoms with Crippen molar-refractivity contribution < 1.29 is 9.53 Å². The summed E-state index contributed by atoms with van der Waals surface area (Å²) < 4.78 is 7.02. The SMILES string of the molecule is COc1c(CNc2ccc(C(N)=O)c(Cl)c2)c(C)nn1C. The first kappa shape index (κ1) is 15.2. The first-order valence-corrected chi connectivity index (χ1v) is 6.71. The summed E-state index contributed by atoms with van der Waals surface area (Å²) in [6, 6.07) is 5.02. The van der Waals surface area contributed by atoms with Gasteiger partial charge in [0.1, 0.15) is 0 Å². The van der Waals surface area contributed by atoms with Gasteiger partial charge in [0.05, 0.1) is 29.0 Å². The van der Waals surface area contributed by atoms with Gasteiger partial charge < -0.3 is 15.8 Å². The summed E-state index contributed by atoms with van der Waals surface area (Å²) >= 11 is 6.02. The second-order valence-electron chi connectivity index (χ2n) is 4.61. The van der Waals surface area contributed by atoms with E-state index in [9.17, 15) is 4.79 Å². The molecule has 0 unspecified atom stereocenters. The maximum Gasteiger partial charge on any atom is 0.250 e. The Morgan fingerprint density at radius 2 is 2.24 bits per heavy atom. The molecule has 6 nitrogen and oxygen atoms in total. The number of nitrogens with two attached hydrogens (primary N) is 1. The summed E-state index contributed by atoms with van der Waals surface area (Å²) in [5.74, 6) is 0.163. The molecule has 3 N–H and O–H groups in total. The number of anilines is 1. The Labute approximate surface area is 127 Å². The fraction of sp³-hybridized carbons (Fsp3) is 0.286. The van der Waals surface area contributed by atoms with Crippen LogP contribution in [0.3, 0.4) is 0 Å². The molecule has 1 aromatic carbocycles. The summed E-state index contributed by atoms with van der Waals surface area (Å²) in [5.41, 5.74) is 8.17. The van der Waals surface area contributed by atoms with Crippen molar-refractivity contribution in [1.82, 2.24) is 9.78 Å². The van der Waals surface area contributed by atoms with Crippen LogP contribution in [-0.4, -0.2) is 22.8 Å². The molecule has 0 saturated heterocycles. The first-order chi connectivity index (χ1) is 9.93. The number of carbonyl (C=O) groups is 1. The first-order valence-electron chi connectivity index (χ1n) is 6.33. The van der Waals surface area contributed by atoms with Crippen LogP contribution in [0, 0.1) is 6.92 Å². The Balaban J connectivity index is 2.17. The van der Waals surface area contributed by atoms with E-state index in [1.807, 2.05) is 14.0 Å². The number of hydrogen-bond donors (Lipinski definition) is 2. The third kappa shape index (κ3) is 3.11. The number of carbonyl (C=O) groups excluding carboxylic acids is 1. The lowest BCUT2D eigenvalue weighted by atomic mass is 10.2. The number of primary amides is 1. The maximum atomic E-state index is 11.1. The number of hydrogen-bond acceptors (Lipinski definition) is 4. The van der Waals surface area contributed by atoms with E-state index in [-0.39, 0.29) is 0 Å². The van der Waals surface area contributed by atoms with Crippen molar-refractivity contribution in [2.75, 3.05) is 12.4 Å². The minimum absolute atomic E-state index is 0.303. The zero-order valence-corrected chi connectivity index (χ0v) is 12.9. The van der Waals surface area contributed by atoms with E-state index in [0.717, 1.165) is 16.9 Å². The smallest absolute Gasteiger partial charge is 0.250 e. The highest BCUT2D eigenvalue weighted by Crippen LogP contribution is 2.24. The normalized spacial score (nSPS) is 10.5. The van der Waals surface area contributed by atoms with Gasteiger partial charge in [0.25, 0.3) is 0 Å². The Bertz CT molecular complexity index is 682. The second kappa shape index (κ2) is 6.05. The summed E-state index contributed by atoms with van der Waals surface area (Å²) in [7, 11) is 3.44. The van der Waals surface area contributed by atoms with Crippen LogP contribution in [0.5, 0.6) is 5.88 Å². The number of amides is 1. The molecule has 0 aliphatic rings. The van der Waals surface area contributed by atoms with Gasteiger partial charge in [-0.2, -0.15) is 5.10 Å². The number of aromatic nitrogens is 2. The molecule has 2 aromatic rings.